The molecule has 0 saturated heterocycles. The van der Waals surface area contributed by atoms with Crippen molar-refractivity contribution < 1.29 is 43.0 Å². The number of aliphatic hydroxyl groups is 1. The van der Waals surface area contributed by atoms with Crippen LogP contribution in [0.2, 0.25) is 0 Å². The first-order chi connectivity index (χ1) is 38.0. The lowest BCUT2D eigenvalue weighted by Crippen LogP contribution is -2.35. The van der Waals surface area contributed by atoms with Gasteiger partial charge in [-0.2, -0.15) is 0 Å². The Morgan fingerprint density at radius 1 is 0.436 bits per heavy atom. The molecule has 12 rings (SSSR count). The van der Waals surface area contributed by atoms with Crippen molar-refractivity contribution in [3.63, 3.8) is 0 Å². The summed E-state index contributed by atoms with van der Waals surface area (Å²) in [5, 5.41) is 17.1. The lowest BCUT2D eigenvalue weighted by atomic mass is 9.79. The minimum absolute atomic E-state index is 0.570. The average molecular weight is 1040 g/mol. The second-order valence-corrected chi connectivity index (χ2v) is 20.1. The Balaban J connectivity index is 0.000000177. The molecule has 9 heteroatoms. The zero-order chi connectivity index (χ0) is 54.3. The number of hydrogen-bond acceptors (Lipinski definition) is 9. The van der Waals surface area contributed by atoms with Crippen LogP contribution in [0.25, 0.3) is 44.8 Å². The summed E-state index contributed by atoms with van der Waals surface area (Å²) in [5.74, 6) is 6.19. The van der Waals surface area contributed by atoms with Gasteiger partial charge in [-0.05, 0) is 150 Å². The van der Waals surface area contributed by atoms with Crippen LogP contribution >= 0.6 is 0 Å². The molecule has 9 aromatic carbocycles. The monoisotopic (exact) mass is 1040 g/mol. The number of unbranched alkanes of at least 4 members (excludes halogenated alkanes) is 1. The van der Waals surface area contributed by atoms with E-state index >= 15 is 0 Å². The molecule has 1 aliphatic carbocycles. The topological polar surface area (TPSA) is 94.1 Å². The highest BCUT2D eigenvalue weighted by Gasteiger charge is 2.48. The number of aryl methyl sites for hydroxylation is 1. The summed E-state index contributed by atoms with van der Waals surface area (Å²) in [7, 11) is 10.0. The Bertz CT molecular complexity index is 3670. The van der Waals surface area contributed by atoms with Gasteiger partial charge in [0.15, 0.2) is 11.2 Å². The SMILES string of the molecule is CCCCC1(O)c2cc(OC)ccc2-c2c1c1c(c3cc(OC)ccc23)OC(c2ccc(OC)cc2)(c2ccc(OC)cc2)C=C1.COc1ccc(C2(c3ccc(OC)cc3)C=Cc3c(C)c(C)c4ccccc4c3O2)cc1. The Labute approximate surface area is 456 Å². The lowest BCUT2D eigenvalue weighted by molar-refractivity contribution is 0.0719. The zero-order valence-corrected chi connectivity index (χ0v) is 45.7. The van der Waals surface area contributed by atoms with E-state index in [2.05, 4.69) is 106 Å². The molecule has 0 spiro atoms. The number of benzene rings is 9. The van der Waals surface area contributed by atoms with Gasteiger partial charge in [0, 0.05) is 49.7 Å². The summed E-state index contributed by atoms with van der Waals surface area (Å²) in [6.45, 7) is 6.50. The Hall–Kier alpha value is -8.66. The zero-order valence-electron chi connectivity index (χ0n) is 45.7. The molecule has 394 valence electrons. The van der Waals surface area contributed by atoms with Gasteiger partial charge in [-0.1, -0.05) is 111 Å². The van der Waals surface area contributed by atoms with E-state index in [1.807, 2.05) is 97.1 Å². The highest BCUT2D eigenvalue weighted by atomic mass is 16.5. The van der Waals surface area contributed by atoms with E-state index in [1.165, 1.54) is 16.5 Å². The Morgan fingerprint density at radius 2 is 0.859 bits per heavy atom. The van der Waals surface area contributed by atoms with Crippen molar-refractivity contribution in [1.82, 2.24) is 0 Å². The van der Waals surface area contributed by atoms with E-state index in [0.29, 0.717) is 17.9 Å². The third kappa shape index (κ3) is 8.44. The van der Waals surface area contributed by atoms with Crippen LogP contribution in [0.5, 0.6) is 46.0 Å². The molecule has 0 fully saturated rings. The van der Waals surface area contributed by atoms with Crippen molar-refractivity contribution >= 4 is 33.7 Å². The number of ether oxygens (including phenoxy) is 8. The van der Waals surface area contributed by atoms with Crippen LogP contribution in [0.3, 0.4) is 0 Å². The van der Waals surface area contributed by atoms with Crippen LogP contribution in [0.4, 0.5) is 0 Å². The Morgan fingerprint density at radius 3 is 1.33 bits per heavy atom. The Kier molecular flexibility index (Phi) is 13.7. The standard InChI is InChI=1S/C40H38O6.C29H26O3/c1-6-7-21-39(41)35-24-30(45-5)17-19-32(35)36-31-18-16-29(44-4)23-34(31)38-33(37(36)39)20-22-40(46-38,25-8-12-27(42-2)13-9-25)26-10-14-28(43-3)15-11-26;1-19-20(2)26-17-18-29(21-9-13-23(30-3)14-10-21,22-11-15-24(31-4)16-12-22)32-28(26)27-8-6-5-7-25(19)27/h8-20,22-24,41H,6-7,21H2,1-5H3;5-18H,1-4H3. The number of methoxy groups -OCH3 is 6. The maximum Gasteiger partial charge on any atom is 0.178 e. The molecular formula is C69H64O9. The molecule has 1 atom stereocenters. The van der Waals surface area contributed by atoms with Gasteiger partial charge in [0.05, 0.1) is 42.7 Å². The summed E-state index contributed by atoms with van der Waals surface area (Å²) < 4.78 is 47.5. The molecule has 0 radical (unpaired) electrons. The molecule has 0 aromatic heterocycles. The van der Waals surface area contributed by atoms with Gasteiger partial charge in [-0.15, -0.1) is 0 Å². The number of hydrogen-bond donors (Lipinski definition) is 1. The predicted molar refractivity (Wildman–Crippen MR) is 311 cm³/mol. The van der Waals surface area contributed by atoms with Gasteiger partial charge < -0.3 is 43.0 Å². The summed E-state index contributed by atoms with van der Waals surface area (Å²) in [5.41, 5.74) is 9.23. The fourth-order valence-corrected chi connectivity index (χ4v) is 11.7. The van der Waals surface area contributed by atoms with Crippen LogP contribution in [-0.2, 0) is 16.8 Å². The van der Waals surface area contributed by atoms with Gasteiger partial charge in [-0.25, -0.2) is 0 Å². The van der Waals surface area contributed by atoms with E-state index in [0.717, 1.165) is 119 Å². The first-order valence-corrected chi connectivity index (χ1v) is 26.4. The van der Waals surface area contributed by atoms with Gasteiger partial charge >= 0.3 is 0 Å². The summed E-state index contributed by atoms with van der Waals surface area (Å²) in [6.07, 6.45) is 11.0. The minimum Gasteiger partial charge on any atom is -0.497 e. The van der Waals surface area contributed by atoms with E-state index in [-0.39, 0.29) is 0 Å². The second-order valence-electron chi connectivity index (χ2n) is 20.1. The highest BCUT2D eigenvalue weighted by molar-refractivity contribution is 6.09. The molecule has 0 amide bonds. The van der Waals surface area contributed by atoms with Crippen molar-refractivity contribution in [3.05, 3.63) is 226 Å². The normalized spacial score (nSPS) is 15.8. The van der Waals surface area contributed by atoms with Crippen molar-refractivity contribution in [3.8, 4) is 57.1 Å². The molecule has 9 nitrogen and oxygen atoms in total. The van der Waals surface area contributed by atoms with Gasteiger partial charge in [0.1, 0.15) is 51.6 Å². The largest absolute Gasteiger partial charge is 0.497 e. The van der Waals surface area contributed by atoms with Crippen LogP contribution in [0.15, 0.2) is 170 Å². The molecule has 0 bridgehead atoms. The smallest absolute Gasteiger partial charge is 0.178 e. The first kappa shape index (κ1) is 51.4. The summed E-state index contributed by atoms with van der Waals surface area (Å²) in [6, 6.07) is 52.7. The maximum absolute atomic E-state index is 12.8. The van der Waals surface area contributed by atoms with Crippen molar-refractivity contribution in [2.75, 3.05) is 42.7 Å². The number of rotatable bonds is 13. The highest BCUT2D eigenvalue weighted by Crippen LogP contribution is 2.60. The number of fused-ring (bicyclic) bond motifs is 11. The van der Waals surface area contributed by atoms with Gasteiger partial charge in [0.25, 0.3) is 0 Å². The van der Waals surface area contributed by atoms with E-state index < -0.39 is 16.8 Å². The predicted octanol–water partition coefficient (Wildman–Crippen LogP) is 15.5. The fourth-order valence-electron chi connectivity index (χ4n) is 11.7. The van der Waals surface area contributed by atoms with E-state index in [9.17, 15) is 5.11 Å². The molecular weight excluding hydrogens is 973 g/mol. The van der Waals surface area contributed by atoms with E-state index in [1.54, 1.807) is 42.7 Å². The summed E-state index contributed by atoms with van der Waals surface area (Å²) in [4.78, 5) is 0. The van der Waals surface area contributed by atoms with Gasteiger partial charge in [-0.3, -0.25) is 0 Å². The van der Waals surface area contributed by atoms with E-state index in [4.69, 9.17) is 37.9 Å². The lowest BCUT2D eigenvalue weighted by Gasteiger charge is -2.38. The third-order valence-corrected chi connectivity index (χ3v) is 16.1. The summed E-state index contributed by atoms with van der Waals surface area (Å²) >= 11 is 0. The molecule has 9 aromatic rings. The third-order valence-electron chi connectivity index (χ3n) is 16.1. The van der Waals surface area contributed by atoms with Crippen molar-refractivity contribution in [2.45, 2.75) is 56.8 Å². The quantitative estimate of drug-likeness (QED) is 0.121. The molecule has 3 aliphatic rings. The molecule has 1 unspecified atom stereocenters. The van der Waals surface area contributed by atoms with Crippen LogP contribution in [0, 0.1) is 13.8 Å². The maximum atomic E-state index is 12.8. The molecule has 2 heterocycles. The fraction of sp³-hybridized carbons (Fsp3) is 0.217. The van der Waals surface area contributed by atoms with Crippen molar-refractivity contribution in [2.24, 2.45) is 0 Å². The van der Waals surface area contributed by atoms with Crippen molar-refractivity contribution in [1.29, 1.82) is 0 Å². The van der Waals surface area contributed by atoms with Crippen LogP contribution < -0.4 is 37.9 Å². The van der Waals surface area contributed by atoms with Crippen LogP contribution in [-0.4, -0.2) is 47.8 Å². The molecule has 0 saturated carbocycles. The van der Waals surface area contributed by atoms with Crippen LogP contribution in [0.1, 0.15) is 81.8 Å². The second kappa shape index (κ2) is 20.7. The van der Waals surface area contributed by atoms with Gasteiger partial charge in [0.2, 0.25) is 0 Å². The molecule has 78 heavy (non-hydrogen) atoms. The molecule has 1 N–H and O–H groups in total. The average Bonchev–Trinajstić information content (AvgIpc) is 3.79. The first-order valence-electron chi connectivity index (χ1n) is 26.4. The molecule has 2 aliphatic heterocycles. The minimum atomic E-state index is -1.23.